The maximum atomic E-state index is 11.1. The number of carbonyl (C=O) groups excluding carboxylic acids is 1. The molecule has 0 bridgehead atoms. The van der Waals surface area contributed by atoms with Crippen molar-refractivity contribution in [1.29, 1.82) is 0 Å². The van der Waals surface area contributed by atoms with E-state index in [0.717, 1.165) is 0 Å². The monoisotopic (exact) mass is 148 g/mol. The molecule has 0 aromatic carbocycles. The van der Waals surface area contributed by atoms with E-state index in [1.807, 2.05) is 18.2 Å². The van der Waals surface area contributed by atoms with Gasteiger partial charge in [-0.3, -0.25) is 4.79 Å². The topological polar surface area (TPSA) is 29.1 Å². The van der Waals surface area contributed by atoms with Crippen LogP contribution in [0.5, 0.6) is 0 Å². The molecule has 0 atom stereocenters. The zero-order valence-corrected chi connectivity index (χ0v) is 6.21. The lowest BCUT2D eigenvalue weighted by Gasteiger charge is -2.00. The quantitative estimate of drug-likeness (QED) is 0.640. The molecule has 1 heterocycles. The summed E-state index contributed by atoms with van der Waals surface area (Å²) in [5, 5.41) is 2.86. The van der Waals surface area contributed by atoms with Gasteiger partial charge in [0.15, 0.2) is 5.78 Å². The van der Waals surface area contributed by atoms with Crippen LogP contribution in [0.1, 0.15) is 6.42 Å². The second kappa shape index (κ2) is 3.76. The summed E-state index contributed by atoms with van der Waals surface area (Å²) in [4.78, 5) is 11.1. The first-order chi connectivity index (χ1) is 5.34. The van der Waals surface area contributed by atoms with E-state index in [9.17, 15) is 4.79 Å². The highest BCUT2D eigenvalue weighted by atomic mass is 16.1. The molecule has 0 aromatic heterocycles. The van der Waals surface area contributed by atoms with Gasteiger partial charge in [-0.25, -0.2) is 0 Å². The van der Waals surface area contributed by atoms with Crippen LogP contribution in [0.4, 0.5) is 0 Å². The smallest absolute Gasteiger partial charge is 0.178 e. The normalized spacial score (nSPS) is 15.2. The van der Waals surface area contributed by atoms with Gasteiger partial charge >= 0.3 is 0 Å². The van der Waals surface area contributed by atoms with Gasteiger partial charge in [-0.2, -0.15) is 0 Å². The summed E-state index contributed by atoms with van der Waals surface area (Å²) in [6, 6.07) is 0. The van der Waals surface area contributed by atoms with Crippen molar-refractivity contribution >= 4 is 5.78 Å². The molecular formula is C9H10NO. The predicted octanol–water partition coefficient (Wildman–Crippen LogP) is 1.34. The molecular weight excluding hydrogens is 138 g/mol. The third-order valence-corrected chi connectivity index (χ3v) is 1.35. The van der Waals surface area contributed by atoms with Crippen molar-refractivity contribution in [2.75, 3.05) is 0 Å². The first-order valence-electron chi connectivity index (χ1n) is 3.47. The Kier molecular flexibility index (Phi) is 2.66. The van der Waals surface area contributed by atoms with Crippen molar-refractivity contribution in [1.82, 2.24) is 5.32 Å². The van der Waals surface area contributed by atoms with Gasteiger partial charge in [0.05, 0.1) is 5.70 Å². The van der Waals surface area contributed by atoms with E-state index in [0.29, 0.717) is 12.1 Å². The number of hydrogen-bond donors (Lipinski definition) is 1. The van der Waals surface area contributed by atoms with Crippen LogP contribution < -0.4 is 5.32 Å². The zero-order chi connectivity index (χ0) is 8.10. The molecule has 1 aliphatic heterocycles. The Bertz CT molecular complexity index is 236. The van der Waals surface area contributed by atoms with Crippen molar-refractivity contribution in [2.24, 2.45) is 0 Å². The molecule has 1 aliphatic rings. The fourth-order valence-corrected chi connectivity index (χ4v) is 0.766. The minimum Gasteiger partial charge on any atom is -0.359 e. The number of Topliss-reactive ketones (excluding diaryl/α,β-unsaturated/α-hetero) is 1. The number of allylic oxidation sites excluding steroid dienone is 5. The summed E-state index contributed by atoms with van der Waals surface area (Å²) in [5.41, 5.74) is 0.602. The van der Waals surface area contributed by atoms with E-state index < -0.39 is 0 Å². The molecule has 1 radical (unpaired) electrons. The molecule has 0 unspecified atom stereocenters. The van der Waals surface area contributed by atoms with Crippen LogP contribution in [-0.4, -0.2) is 5.78 Å². The number of nitrogens with one attached hydrogen (secondary N) is 1. The highest BCUT2D eigenvalue weighted by Crippen LogP contribution is 1.99. The largest absolute Gasteiger partial charge is 0.359 e. The maximum absolute atomic E-state index is 11.1. The van der Waals surface area contributed by atoms with Crippen LogP contribution in [-0.2, 0) is 4.79 Å². The fourth-order valence-electron chi connectivity index (χ4n) is 0.766. The molecule has 0 aromatic rings. The van der Waals surface area contributed by atoms with Gasteiger partial charge in [-0.05, 0) is 19.1 Å². The Morgan fingerprint density at radius 1 is 1.45 bits per heavy atom. The van der Waals surface area contributed by atoms with Crippen molar-refractivity contribution in [3.8, 4) is 0 Å². The van der Waals surface area contributed by atoms with Gasteiger partial charge in [0.25, 0.3) is 0 Å². The molecule has 1 rings (SSSR count). The van der Waals surface area contributed by atoms with Gasteiger partial charge in [-0.1, -0.05) is 12.2 Å². The predicted molar refractivity (Wildman–Crippen MR) is 44.5 cm³/mol. The Morgan fingerprint density at radius 2 is 2.27 bits per heavy atom. The van der Waals surface area contributed by atoms with Crippen molar-refractivity contribution in [3.63, 3.8) is 0 Å². The van der Waals surface area contributed by atoms with E-state index in [1.165, 1.54) is 0 Å². The summed E-state index contributed by atoms with van der Waals surface area (Å²) < 4.78 is 0. The van der Waals surface area contributed by atoms with Crippen molar-refractivity contribution in [2.45, 2.75) is 6.42 Å². The zero-order valence-electron chi connectivity index (χ0n) is 6.21. The molecule has 0 saturated carbocycles. The lowest BCUT2D eigenvalue weighted by atomic mass is 10.2. The molecule has 11 heavy (non-hydrogen) atoms. The molecule has 0 spiro atoms. The van der Waals surface area contributed by atoms with Crippen LogP contribution in [0, 0.1) is 6.92 Å². The lowest BCUT2D eigenvalue weighted by Crippen LogP contribution is -2.13. The molecule has 1 N–H and O–H groups in total. The summed E-state index contributed by atoms with van der Waals surface area (Å²) in [5.74, 6) is 0.0289. The molecule has 57 valence electrons. The van der Waals surface area contributed by atoms with E-state index >= 15 is 0 Å². The SMILES string of the molecule is [CH2]CC(=O)C1=CC=CC=CN1. The summed E-state index contributed by atoms with van der Waals surface area (Å²) in [6.07, 6.45) is 9.27. The maximum Gasteiger partial charge on any atom is 0.178 e. The van der Waals surface area contributed by atoms with Crippen LogP contribution >= 0.6 is 0 Å². The number of ketones is 1. The second-order valence-corrected chi connectivity index (χ2v) is 2.14. The van der Waals surface area contributed by atoms with Gasteiger partial charge in [-0.15, -0.1) is 0 Å². The van der Waals surface area contributed by atoms with Crippen LogP contribution in [0.25, 0.3) is 0 Å². The lowest BCUT2D eigenvalue weighted by molar-refractivity contribution is -0.115. The standard InChI is InChI=1S/C9H10NO/c1-2-9(11)8-6-4-3-5-7-10-8/h3-7,10H,1-2H2. The minimum atomic E-state index is 0.0289. The average molecular weight is 148 g/mol. The number of rotatable bonds is 2. The summed E-state index contributed by atoms with van der Waals surface area (Å²) >= 11 is 0. The fraction of sp³-hybridized carbons (Fsp3) is 0.111. The van der Waals surface area contributed by atoms with E-state index in [1.54, 1.807) is 12.3 Å². The summed E-state index contributed by atoms with van der Waals surface area (Å²) in [6.45, 7) is 3.51. The number of hydrogen-bond acceptors (Lipinski definition) is 2. The third-order valence-electron chi connectivity index (χ3n) is 1.35. The van der Waals surface area contributed by atoms with Crippen molar-refractivity contribution in [3.05, 3.63) is 43.1 Å². The van der Waals surface area contributed by atoms with Gasteiger partial charge in [0.1, 0.15) is 0 Å². The highest BCUT2D eigenvalue weighted by molar-refractivity contribution is 5.95. The first-order valence-corrected chi connectivity index (χ1v) is 3.47. The minimum absolute atomic E-state index is 0.0289. The Morgan fingerprint density at radius 3 is 3.00 bits per heavy atom. The molecule has 0 fully saturated rings. The Hall–Kier alpha value is -1.31. The van der Waals surface area contributed by atoms with Crippen molar-refractivity contribution < 1.29 is 4.79 Å². The molecule has 0 saturated heterocycles. The number of carbonyl (C=O) groups is 1. The van der Waals surface area contributed by atoms with Crippen LogP contribution in [0.15, 0.2) is 36.2 Å². The highest BCUT2D eigenvalue weighted by Gasteiger charge is 2.03. The molecule has 2 heteroatoms. The molecule has 0 amide bonds. The van der Waals surface area contributed by atoms with Gasteiger partial charge in [0, 0.05) is 12.6 Å². The Balaban J connectivity index is 2.72. The molecule has 0 aliphatic carbocycles. The molecule has 2 nitrogen and oxygen atoms in total. The first kappa shape index (κ1) is 7.79. The van der Waals surface area contributed by atoms with E-state index in [2.05, 4.69) is 12.2 Å². The summed E-state index contributed by atoms with van der Waals surface area (Å²) in [7, 11) is 0. The third kappa shape index (κ3) is 2.08. The second-order valence-electron chi connectivity index (χ2n) is 2.14. The van der Waals surface area contributed by atoms with Crippen LogP contribution in [0.3, 0.4) is 0 Å². The van der Waals surface area contributed by atoms with Crippen LogP contribution in [0.2, 0.25) is 0 Å². The average Bonchev–Trinajstić information content (AvgIpc) is 2.30. The van der Waals surface area contributed by atoms with E-state index in [-0.39, 0.29) is 5.78 Å². The van der Waals surface area contributed by atoms with E-state index in [4.69, 9.17) is 0 Å². The van der Waals surface area contributed by atoms with Gasteiger partial charge < -0.3 is 5.32 Å². The van der Waals surface area contributed by atoms with Gasteiger partial charge in [0.2, 0.25) is 0 Å². The Labute approximate surface area is 66.3 Å².